The minimum absolute atomic E-state index is 0.507. The molecule has 0 aliphatic carbocycles. The van der Waals surface area contributed by atoms with E-state index in [4.69, 9.17) is 10.4 Å². The fraction of sp³-hybridized carbons (Fsp3) is 0.222. The van der Waals surface area contributed by atoms with E-state index < -0.39 is 46.2 Å². The zero-order valence-corrected chi connectivity index (χ0v) is 8.63. The van der Waals surface area contributed by atoms with E-state index in [2.05, 4.69) is 4.98 Å². The number of nitrogens with zero attached hydrogens (tertiary/aromatic N) is 3. The number of carboxylic acids is 1. The maximum Gasteiger partial charge on any atom is 0.308 e. The number of pyridine rings is 1. The maximum atomic E-state index is 12.6. The molecule has 0 atom stereocenters. The molecule has 9 heteroatoms. The summed E-state index contributed by atoms with van der Waals surface area (Å²) in [5.41, 5.74) is -3.24. The summed E-state index contributed by atoms with van der Waals surface area (Å²) in [6, 6.07) is 1.44. The Labute approximate surface area is 98.4 Å². The van der Waals surface area contributed by atoms with Crippen LogP contribution < -0.4 is 0 Å². The SMILES string of the molecule is N#Cc1ncc(C(F)F)c([N+](=O)[O-])c1CC(=O)O. The van der Waals surface area contributed by atoms with Crippen LogP contribution in [0.25, 0.3) is 0 Å². The molecule has 18 heavy (non-hydrogen) atoms. The van der Waals surface area contributed by atoms with Crippen LogP contribution in [0.5, 0.6) is 0 Å². The summed E-state index contributed by atoms with van der Waals surface area (Å²) >= 11 is 0. The molecule has 0 aliphatic heterocycles. The number of alkyl halides is 2. The first-order chi connectivity index (χ1) is 8.38. The Balaban J connectivity index is 3.60. The molecule has 7 nitrogen and oxygen atoms in total. The zero-order valence-electron chi connectivity index (χ0n) is 8.63. The van der Waals surface area contributed by atoms with Crippen molar-refractivity contribution in [3.8, 4) is 6.07 Å². The number of halogens is 2. The lowest BCUT2D eigenvalue weighted by Crippen LogP contribution is -2.10. The summed E-state index contributed by atoms with van der Waals surface area (Å²) in [5, 5.41) is 28.0. The van der Waals surface area contributed by atoms with Crippen LogP contribution >= 0.6 is 0 Å². The number of nitriles is 1. The Morgan fingerprint density at radius 3 is 2.67 bits per heavy atom. The molecule has 0 amide bonds. The van der Waals surface area contributed by atoms with Crippen molar-refractivity contribution in [2.45, 2.75) is 12.8 Å². The highest BCUT2D eigenvalue weighted by atomic mass is 19.3. The van der Waals surface area contributed by atoms with Crippen molar-refractivity contribution < 1.29 is 23.6 Å². The zero-order chi connectivity index (χ0) is 13.9. The summed E-state index contributed by atoms with van der Waals surface area (Å²) in [5.74, 6) is -1.48. The number of hydrogen-bond acceptors (Lipinski definition) is 5. The highest BCUT2D eigenvalue weighted by molar-refractivity contribution is 5.74. The Morgan fingerprint density at radius 2 is 2.28 bits per heavy atom. The topological polar surface area (TPSA) is 117 Å². The third-order valence-electron chi connectivity index (χ3n) is 2.03. The number of carbonyl (C=O) groups is 1. The number of nitro groups is 1. The molecular weight excluding hydrogens is 252 g/mol. The minimum atomic E-state index is -3.18. The summed E-state index contributed by atoms with van der Waals surface area (Å²) < 4.78 is 25.1. The van der Waals surface area contributed by atoms with E-state index in [1.165, 1.54) is 6.07 Å². The van der Waals surface area contributed by atoms with E-state index >= 15 is 0 Å². The number of rotatable bonds is 4. The van der Waals surface area contributed by atoms with E-state index in [1.807, 2.05) is 0 Å². The van der Waals surface area contributed by atoms with Gasteiger partial charge in [-0.3, -0.25) is 14.9 Å². The molecule has 1 rings (SSSR count). The van der Waals surface area contributed by atoms with Gasteiger partial charge in [0.1, 0.15) is 11.6 Å². The molecule has 94 valence electrons. The maximum absolute atomic E-state index is 12.6. The molecule has 0 bridgehead atoms. The van der Waals surface area contributed by atoms with Crippen molar-refractivity contribution in [2.75, 3.05) is 0 Å². The van der Waals surface area contributed by atoms with Gasteiger partial charge in [0.2, 0.25) is 0 Å². The molecule has 1 aromatic heterocycles. The second-order valence-electron chi connectivity index (χ2n) is 3.13. The summed E-state index contributed by atoms with van der Waals surface area (Å²) in [6.07, 6.45) is -3.60. The van der Waals surface area contributed by atoms with Gasteiger partial charge in [-0.1, -0.05) is 0 Å². The molecule has 1 aromatic rings. The Bertz CT molecular complexity index is 553. The van der Waals surface area contributed by atoms with E-state index in [0.29, 0.717) is 6.20 Å². The highest BCUT2D eigenvalue weighted by Crippen LogP contribution is 2.32. The number of aromatic nitrogens is 1. The lowest BCUT2D eigenvalue weighted by molar-refractivity contribution is -0.387. The number of carboxylic acid groups (broad SMARTS) is 1. The standard InChI is InChI=1S/C9H5F2N3O4/c10-9(11)5-3-13-6(2-12)4(1-7(15)16)8(5)14(17)18/h3,9H,1H2,(H,15,16). The van der Waals surface area contributed by atoms with Gasteiger partial charge in [-0.15, -0.1) is 0 Å². The van der Waals surface area contributed by atoms with Crippen molar-refractivity contribution in [3.05, 3.63) is 33.1 Å². The molecule has 0 radical (unpaired) electrons. The highest BCUT2D eigenvalue weighted by Gasteiger charge is 2.30. The van der Waals surface area contributed by atoms with Gasteiger partial charge in [0, 0.05) is 6.20 Å². The first kappa shape index (κ1) is 13.4. The van der Waals surface area contributed by atoms with Crippen molar-refractivity contribution in [2.24, 2.45) is 0 Å². The third-order valence-corrected chi connectivity index (χ3v) is 2.03. The van der Waals surface area contributed by atoms with E-state index in [1.54, 1.807) is 0 Å². The number of aliphatic carboxylic acids is 1. The average Bonchev–Trinajstić information content (AvgIpc) is 2.26. The minimum Gasteiger partial charge on any atom is -0.481 e. The van der Waals surface area contributed by atoms with Gasteiger partial charge in [-0.2, -0.15) is 5.26 Å². The summed E-state index contributed by atoms with van der Waals surface area (Å²) in [6.45, 7) is 0. The van der Waals surface area contributed by atoms with Crippen molar-refractivity contribution >= 4 is 11.7 Å². The van der Waals surface area contributed by atoms with Gasteiger partial charge < -0.3 is 5.11 Å². The Kier molecular flexibility index (Phi) is 3.83. The van der Waals surface area contributed by atoms with Gasteiger partial charge in [-0.25, -0.2) is 13.8 Å². The average molecular weight is 257 g/mol. The van der Waals surface area contributed by atoms with Gasteiger partial charge in [-0.05, 0) is 0 Å². The van der Waals surface area contributed by atoms with Crippen molar-refractivity contribution in [1.29, 1.82) is 5.26 Å². The fourth-order valence-electron chi connectivity index (χ4n) is 1.35. The van der Waals surface area contributed by atoms with Gasteiger partial charge in [0.15, 0.2) is 5.69 Å². The quantitative estimate of drug-likeness (QED) is 0.643. The smallest absolute Gasteiger partial charge is 0.308 e. The first-order valence-electron chi connectivity index (χ1n) is 4.44. The predicted octanol–water partition coefficient (Wildman–Crippen LogP) is 1.43. The van der Waals surface area contributed by atoms with Gasteiger partial charge in [0.05, 0.1) is 16.9 Å². The molecule has 1 heterocycles. The Hall–Kier alpha value is -2.63. The molecule has 0 fully saturated rings. The monoisotopic (exact) mass is 257 g/mol. The van der Waals surface area contributed by atoms with Crippen LogP contribution in [-0.4, -0.2) is 21.0 Å². The number of hydrogen-bond donors (Lipinski definition) is 1. The molecule has 0 saturated heterocycles. The lowest BCUT2D eigenvalue weighted by Gasteiger charge is -2.06. The molecule has 0 unspecified atom stereocenters. The van der Waals surface area contributed by atoms with E-state index in [9.17, 15) is 23.7 Å². The predicted molar refractivity (Wildman–Crippen MR) is 51.9 cm³/mol. The van der Waals surface area contributed by atoms with Crippen LogP contribution in [0.4, 0.5) is 14.5 Å². The van der Waals surface area contributed by atoms with Crippen LogP contribution in [0, 0.1) is 21.4 Å². The van der Waals surface area contributed by atoms with E-state index in [-0.39, 0.29) is 0 Å². The third kappa shape index (κ3) is 2.54. The van der Waals surface area contributed by atoms with Crippen molar-refractivity contribution in [3.63, 3.8) is 0 Å². The van der Waals surface area contributed by atoms with Gasteiger partial charge >= 0.3 is 5.97 Å². The first-order valence-corrected chi connectivity index (χ1v) is 4.44. The fourth-order valence-corrected chi connectivity index (χ4v) is 1.35. The van der Waals surface area contributed by atoms with Crippen LogP contribution in [-0.2, 0) is 11.2 Å². The normalized spacial score (nSPS) is 10.1. The summed E-state index contributed by atoms with van der Waals surface area (Å²) in [7, 11) is 0. The summed E-state index contributed by atoms with van der Waals surface area (Å²) in [4.78, 5) is 23.5. The van der Waals surface area contributed by atoms with Crippen LogP contribution in [0.15, 0.2) is 6.20 Å². The van der Waals surface area contributed by atoms with Crippen molar-refractivity contribution in [1.82, 2.24) is 4.98 Å². The van der Waals surface area contributed by atoms with Crippen LogP contribution in [0.2, 0.25) is 0 Å². The Morgan fingerprint density at radius 1 is 1.67 bits per heavy atom. The molecule has 0 saturated carbocycles. The van der Waals surface area contributed by atoms with E-state index in [0.717, 1.165) is 0 Å². The van der Waals surface area contributed by atoms with Crippen LogP contribution in [0.3, 0.4) is 0 Å². The molecule has 0 aliphatic rings. The molecule has 0 aromatic carbocycles. The second-order valence-corrected chi connectivity index (χ2v) is 3.13. The lowest BCUT2D eigenvalue weighted by atomic mass is 10.0. The molecular formula is C9H5F2N3O4. The molecule has 0 spiro atoms. The van der Waals surface area contributed by atoms with Crippen LogP contribution in [0.1, 0.15) is 23.2 Å². The second kappa shape index (κ2) is 5.13. The van der Waals surface area contributed by atoms with Gasteiger partial charge in [0.25, 0.3) is 12.1 Å². The largest absolute Gasteiger partial charge is 0.481 e. The molecule has 1 N–H and O–H groups in total.